The maximum absolute atomic E-state index is 5.69. The molecule has 1 aliphatic carbocycles. The number of aryl methyl sites for hydroxylation is 1. The Morgan fingerprint density at radius 3 is 2.90 bits per heavy atom. The summed E-state index contributed by atoms with van der Waals surface area (Å²) in [5.74, 6) is 1.89. The Morgan fingerprint density at radius 2 is 2.25 bits per heavy atom. The van der Waals surface area contributed by atoms with Gasteiger partial charge in [-0.15, -0.1) is 0 Å². The molecule has 0 atom stereocenters. The third-order valence-corrected chi connectivity index (χ3v) is 3.67. The lowest BCUT2D eigenvalue weighted by molar-refractivity contribution is 0.130. The van der Waals surface area contributed by atoms with E-state index in [1.165, 1.54) is 24.0 Å². The number of hydrogen-bond donors (Lipinski definition) is 1. The zero-order valence-electron chi connectivity index (χ0n) is 13.0. The smallest absolute Gasteiger partial charge is 0.131 e. The van der Waals surface area contributed by atoms with Gasteiger partial charge in [-0.05, 0) is 49.4 Å². The van der Waals surface area contributed by atoms with Gasteiger partial charge < -0.3 is 15.0 Å². The Bertz CT molecular complexity index is 418. The first-order chi connectivity index (χ1) is 9.70. The van der Waals surface area contributed by atoms with Gasteiger partial charge in [0.15, 0.2) is 0 Å². The molecule has 1 fully saturated rings. The number of nitrogens with zero attached hydrogens (tertiary/aromatic N) is 2. The molecule has 0 unspecified atom stereocenters. The molecular weight excluding hydrogens is 250 g/mol. The van der Waals surface area contributed by atoms with Crippen LogP contribution in [0.15, 0.2) is 12.3 Å². The van der Waals surface area contributed by atoms with E-state index in [4.69, 9.17) is 4.74 Å². The highest BCUT2D eigenvalue weighted by molar-refractivity contribution is 5.46. The molecule has 1 saturated carbocycles. The van der Waals surface area contributed by atoms with E-state index in [1.807, 2.05) is 6.20 Å². The number of anilines is 1. The summed E-state index contributed by atoms with van der Waals surface area (Å²) in [7, 11) is 2.08. The summed E-state index contributed by atoms with van der Waals surface area (Å²) in [6.45, 7) is 8.73. The lowest BCUT2D eigenvalue weighted by Crippen LogP contribution is -2.25. The molecule has 1 aliphatic rings. The van der Waals surface area contributed by atoms with Crippen LogP contribution < -0.4 is 10.2 Å². The van der Waals surface area contributed by atoms with E-state index in [2.05, 4.69) is 42.2 Å². The molecule has 4 nitrogen and oxygen atoms in total. The highest BCUT2D eigenvalue weighted by Gasteiger charge is 2.21. The van der Waals surface area contributed by atoms with Gasteiger partial charge in [-0.25, -0.2) is 4.98 Å². The molecule has 0 radical (unpaired) electrons. The van der Waals surface area contributed by atoms with Gasteiger partial charge in [-0.1, -0.05) is 6.92 Å². The van der Waals surface area contributed by atoms with E-state index in [0.29, 0.717) is 0 Å². The molecule has 0 spiro atoms. The average Bonchev–Trinajstić information content (AvgIpc) is 3.25. The van der Waals surface area contributed by atoms with Crippen LogP contribution in [0.25, 0.3) is 0 Å². The normalized spacial score (nSPS) is 14.6. The van der Waals surface area contributed by atoms with Gasteiger partial charge in [0.2, 0.25) is 0 Å². The van der Waals surface area contributed by atoms with Crippen molar-refractivity contribution in [3.63, 3.8) is 0 Å². The van der Waals surface area contributed by atoms with Crippen molar-refractivity contribution < 1.29 is 4.74 Å². The van der Waals surface area contributed by atoms with Crippen LogP contribution in [0.5, 0.6) is 0 Å². The van der Waals surface area contributed by atoms with Crippen molar-refractivity contribution in [3.05, 3.63) is 23.4 Å². The van der Waals surface area contributed by atoms with Gasteiger partial charge in [0.05, 0.1) is 6.61 Å². The SMILES string of the molecule is CCNCc1cnc(N(C)CCOCC2CC2)c(C)c1. The number of hydrogen-bond acceptors (Lipinski definition) is 4. The van der Waals surface area contributed by atoms with Gasteiger partial charge in [0, 0.05) is 32.9 Å². The van der Waals surface area contributed by atoms with Gasteiger partial charge in [-0.2, -0.15) is 0 Å². The van der Waals surface area contributed by atoms with E-state index >= 15 is 0 Å². The molecule has 1 N–H and O–H groups in total. The van der Waals surface area contributed by atoms with Crippen LogP contribution in [0.4, 0.5) is 5.82 Å². The Morgan fingerprint density at radius 1 is 1.45 bits per heavy atom. The van der Waals surface area contributed by atoms with Crippen molar-refractivity contribution in [1.29, 1.82) is 0 Å². The van der Waals surface area contributed by atoms with Crippen LogP contribution in [-0.4, -0.2) is 38.3 Å². The van der Waals surface area contributed by atoms with Crippen LogP contribution in [0.2, 0.25) is 0 Å². The zero-order valence-corrected chi connectivity index (χ0v) is 13.0. The van der Waals surface area contributed by atoms with Crippen LogP contribution in [-0.2, 0) is 11.3 Å². The van der Waals surface area contributed by atoms with Crippen LogP contribution in [0, 0.1) is 12.8 Å². The van der Waals surface area contributed by atoms with E-state index in [9.17, 15) is 0 Å². The lowest BCUT2D eigenvalue weighted by Gasteiger charge is -2.20. The minimum absolute atomic E-state index is 0.785. The largest absolute Gasteiger partial charge is 0.379 e. The summed E-state index contributed by atoms with van der Waals surface area (Å²) in [4.78, 5) is 6.77. The first-order valence-electron chi connectivity index (χ1n) is 7.65. The summed E-state index contributed by atoms with van der Waals surface area (Å²) < 4.78 is 5.69. The minimum Gasteiger partial charge on any atom is -0.379 e. The quantitative estimate of drug-likeness (QED) is 0.703. The van der Waals surface area contributed by atoms with Gasteiger partial charge >= 0.3 is 0 Å². The van der Waals surface area contributed by atoms with Gasteiger partial charge in [0.25, 0.3) is 0 Å². The number of aromatic nitrogens is 1. The summed E-state index contributed by atoms with van der Waals surface area (Å²) in [5, 5.41) is 3.33. The van der Waals surface area contributed by atoms with E-state index in [-0.39, 0.29) is 0 Å². The molecule has 1 aromatic heterocycles. The second-order valence-electron chi connectivity index (χ2n) is 5.70. The fourth-order valence-electron chi connectivity index (χ4n) is 2.23. The molecule has 112 valence electrons. The highest BCUT2D eigenvalue weighted by Crippen LogP contribution is 2.28. The third-order valence-electron chi connectivity index (χ3n) is 3.67. The lowest BCUT2D eigenvalue weighted by atomic mass is 10.2. The Balaban J connectivity index is 1.79. The molecule has 0 amide bonds. The second-order valence-corrected chi connectivity index (χ2v) is 5.70. The van der Waals surface area contributed by atoms with Gasteiger partial charge in [0.1, 0.15) is 5.82 Å². The molecule has 1 aromatic rings. The van der Waals surface area contributed by atoms with Crippen molar-refractivity contribution in [3.8, 4) is 0 Å². The van der Waals surface area contributed by atoms with E-state index < -0.39 is 0 Å². The van der Waals surface area contributed by atoms with E-state index in [0.717, 1.165) is 44.6 Å². The molecule has 0 saturated heterocycles. The molecule has 0 bridgehead atoms. The first kappa shape index (κ1) is 15.3. The van der Waals surface area contributed by atoms with Crippen molar-refractivity contribution >= 4 is 5.82 Å². The predicted molar refractivity (Wildman–Crippen MR) is 83.2 cm³/mol. The van der Waals surface area contributed by atoms with Crippen molar-refractivity contribution in [2.75, 3.05) is 38.3 Å². The van der Waals surface area contributed by atoms with Crippen LogP contribution in [0.1, 0.15) is 30.9 Å². The molecule has 20 heavy (non-hydrogen) atoms. The van der Waals surface area contributed by atoms with Crippen molar-refractivity contribution in [1.82, 2.24) is 10.3 Å². The molecule has 0 aromatic carbocycles. The third kappa shape index (κ3) is 4.76. The molecule has 4 heteroatoms. The monoisotopic (exact) mass is 277 g/mol. The second kappa shape index (κ2) is 7.60. The number of likely N-dealkylation sites (N-methyl/N-ethyl adjacent to an activating group) is 1. The van der Waals surface area contributed by atoms with Crippen molar-refractivity contribution in [2.45, 2.75) is 33.2 Å². The Labute approximate surface area is 122 Å². The molecule has 1 heterocycles. The zero-order chi connectivity index (χ0) is 14.4. The topological polar surface area (TPSA) is 37.4 Å². The predicted octanol–water partition coefficient (Wildman–Crippen LogP) is 2.36. The standard InChI is InChI=1S/C16H27N3O/c1-4-17-10-15-9-13(2)16(18-11-15)19(3)7-8-20-12-14-5-6-14/h9,11,14,17H,4-8,10,12H2,1-3H3. The summed E-state index contributed by atoms with van der Waals surface area (Å²) in [6.07, 6.45) is 4.67. The van der Waals surface area contributed by atoms with E-state index in [1.54, 1.807) is 0 Å². The first-order valence-corrected chi connectivity index (χ1v) is 7.65. The number of ether oxygens (including phenoxy) is 1. The van der Waals surface area contributed by atoms with Gasteiger partial charge in [-0.3, -0.25) is 0 Å². The molecule has 0 aliphatic heterocycles. The molecule has 2 rings (SSSR count). The summed E-state index contributed by atoms with van der Waals surface area (Å²) in [6, 6.07) is 2.21. The maximum Gasteiger partial charge on any atom is 0.131 e. The highest BCUT2D eigenvalue weighted by atomic mass is 16.5. The minimum atomic E-state index is 0.785. The van der Waals surface area contributed by atoms with Crippen molar-refractivity contribution in [2.24, 2.45) is 5.92 Å². The van der Waals surface area contributed by atoms with Crippen LogP contribution >= 0.6 is 0 Å². The summed E-state index contributed by atoms with van der Waals surface area (Å²) in [5.41, 5.74) is 2.47. The Kier molecular flexibility index (Phi) is 5.80. The average molecular weight is 277 g/mol. The number of nitrogens with one attached hydrogen (secondary N) is 1. The Hall–Kier alpha value is -1.13. The van der Waals surface area contributed by atoms with Crippen LogP contribution in [0.3, 0.4) is 0 Å². The number of rotatable bonds is 9. The summed E-state index contributed by atoms with van der Waals surface area (Å²) >= 11 is 0. The fraction of sp³-hybridized carbons (Fsp3) is 0.688. The fourth-order valence-corrected chi connectivity index (χ4v) is 2.23. The molecular formula is C16H27N3O. The maximum atomic E-state index is 5.69. The number of pyridine rings is 1.